The third-order valence-electron chi connectivity index (χ3n) is 2.90. The van der Waals surface area contributed by atoms with E-state index < -0.39 is 0 Å². The van der Waals surface area contributed by atoms with Gasteiger partial charge in [0.05, 0.1) is 0 Å². The lowest BCUT2D eigenvalue weighted by molar-refractivity contribution is -0.144. The molecular weight excluding hydrogens is 296 g/mol. The molecule has 1 fully saturated rings. The van der Waals surface area contributed by atoms with Gasteiger partial charge in [-0.05, 0) is 17.7 Å². The van der Waals surface area contributed by atoms with Crippen LogP contribution in [0, 0.1) is 0 Å². The summed E-state index contributed by atoms with van der Waals surface area (Å²) < 4.78 is 0.919. The van der Waals surface area contributed by atoms with E-state index in [9.17, 15) is 9.59 Å². The third-order valence-corrected chi connectivity index (χ3v) is 3.39. The van der Waals surface area contributed by atoms with Crippen molar-refractivity contribution in [2.45, 2.75) is 6.42 Å². The van der Waals surface area contributed by atoms with Crippen LogP contribution in [0.1, 0.15) is 5.56 Å². The van der Waals surface area contributed by atoms with E-state index in [1.807, 2.05) is 24.3 Å². The zero-order chi connectivity index (χ0) is 13.0. The molecule has 0 saturated carbocycles. The predicted molar refractivity (Wildman–Crippen MR) is 72.3 cm³/mol. The first-order valence-corrected chi connectivity index (χ1v) is 6.73. The zero-order valence-electron chi connectivity index (χ0n) is 9.99. The molecule has 1 amide bonds. The maximum atomic E-state index is 11.9. The number of rotatable bonds is 3. The van der Waals surface area contributed by atoms with Gasteiger partial charge in [-0.1, -0.05) is 28.1 Å². The molecule has 0 radical (unpaired) electrons. The number of Topliss-reactive ketones (excluding diaryl/α,β-unsaturated/α-hetero) is 1. The van der Waals surface area contributed by atoms with Gasteiger partial charge >= 0.3 is 0 Å². The molecule has 0 spiro atoms. The highest BCUT2D eigenvalue weighted by atomic mass is 79.9. The van der Waals surface area contributed by atoms with E-state index in [0.717, 1.165) is 23.1 Å². The number of benzene rings is 1. The molecule has 2 rings (SSSR count). The van der Waals surface area contributed by atoms with Crippen LogP contribution < -0.4 is 5.32 Å². The maximum absolute atomic E-state index is 11.9. The van der Waals surface area contributed by atoms with Gasteiger partial charge in [0, 0.05) is 37.1 Å². The smallest absolute Gasteiger partial charge is 0.290 e. The van der Waals surface area contributed by atoms with Crippen molar-refractivity contribution in [2.24, 2.45) is 0 Å². The number of nitrogens with one attached hydrogen (secondary N) is 1. The van der Waals surface area contributed by atoms with Crippen LogP contribution in [0.4, 0.5) is 0 Å². The van der Waals surface area contributed by atoms with Crippen LogP contribution in [-0.2, 0) is 16.0 Å². The zero-order valence-corrected chi connectivity index (χ0v) is 11.6. The highest BCUT2D eigenvalue weighted by molar-refractivity contribution is 9.10. The SMILES string of the molecule is O=C(Cc1cccc(Br)c1)C(=O)N1CCNCC1. The summed E-state index contributed by atoms with van der Waals surface area (Å²) in [6.45, 7) is 2.75. The highest BCUT2D eigenvalue weighted by Gasteiger charge is 2.22. The first-order chi connectivity index (χ1) is 8.66. The molecule has 0 atom stereocenters. The number of hydrogen-bond acceptors (Lipinski definition) is 3. The van der Waals surface area contributed by atoms with Crippen molar-refractivity contribution in [3.63, 3.8) is 0 Å². The minimum absolute atomic E-state index is 0.169. The molecule has 1 aliphatic rings. The minimum atomic E-state index is -0.364. The van der Waals surface area contributed by atoms with Crippen molar-refractivity contribution in [1.29, 1.82) is 0 Å². The maximum Gasteiger partial charge on any atom is 0.290 e. The number of piperazine rings is 1. The number of nitrogens with zero attached hydrogens (tertiary/aromatic N) is 1. The molecule has 0 aliphatic carbocycles. The summed E-state index contributed by atoms with van der Waals surface area (Å²) in [6.07, 6.45) is 0.169. The summed E-state index contributed by atoms with van der Waals surface area (Å²) >= 11 is 3.35. The fraction of sp³-hybridized carbons (Fsp3) is 0.385. The molecule has 1 aromatic carbocycles. The van der Waals surface area contributed by atoms with Gasteiger partial charge in [-0.3, -0.25) is 9.59 Å². The van der Waals surface area contributed by atoms with Gasteiger partial charge in [0.2, 0.25) is 5.78 Å². The molecule has 0 unspecified atom stereocenters. The Morgan fingerprint density at radius 1 is 1.28 bits per heavy atom. The van der Waals surface area contributed by atoms with Crippen LogP contribution in [0.2, 0.25) is 0 Å². The van der Waals surface area contributed by atoms with E-state index in [0.29, 0.717) is 13.1 Å². The summed E-state index contributed by atoms with van der Waals surface area (Å²) in [7, 11) is 0. The predicted octanol–water partition coefficient (Wildman–Crippen LogP) is 0.992. The number of halogens is 1. The lowest BCUT2D eigenvalue weighted by Crippen LogP contribution is -2.49. The van der Waals surface area contributed by atoms with Crippen molar-refractivity contribution in [1.82, 2.24) is 10.2 Å². The van der Waals surface area contributed by atoms with Gasteiger partial charge in [-0.2, -0.15) is 0 Å². The van der Waals surface area contributed by atoms with E-state index in [2.05, 4.69) is 21.2 Å². The number of carbonyl (C=O) groups is 2. The van der Waals surface area contributed by atoms with Gasteiger partial charge in [0.15, 0.2) is 0 Å². The van der Waals surface area contributed by atoms with Gasteiger partial charge in [0.25, 0.3) is 5.91 Å². The topological polar surface area (TPSA) is 49.4 Å². The Kier molecular flexibility index (Phi) is 4.49. The van der Waals surface area contributed by atoms with Crippen molar-refractivity contribution in [2.75, 3.05) is 26.2 Å². The number of hydrogen-bond donors (Lipinski definition) is 1. The van der Waals surface area contributed by atoms with Crippen LogP contribution >= 0.6 is 15.9 Å². The Labute approximate surface area is 114 Å². The molecule has 1 heterocycles. The van der Waals surface area contributed by atoms with Crippen LogP contribution in [0.5, 0.6) is 0 Å². The second-order valence-corrected chi connectivity index (χ2v) is 5.19. The second-order valence-electron chi connectivity index (χ2n) is 4.27. The van der Waals surface area contributed by atoms with E-state index >= 15 is 0 Å². The Bertz CT molecular complexity index is 456. The molecule has 18 heavy (non-hydrogen) atoms. The van der Waals surface area contributed by atoms with Crippen molar-refractivity contribution in [3.8, 4) is 0 Å². The molecule has 96 valence electrons. The van der Waals surface area contributed by atoms with Crippen LogP contribution in [0.15, 0.2) is 28.7 Å². The summed E-state index contributed by atoms with van der Waals surface area (Å²) in [6, 6.07) is 7.48. The highest BCUT2D eigenvalue weighted by Crippen LogP contribution is 2.12. The largest absolute Gasteiger partial charge is 0.334 e. The van der Waals surface area contributed by atoms with Crippen LogP contribution in [-0.4, -0.2) is 42.8 Å². The molecule has 1 saturated heterocycles. The standard InChI is InChI=1S/C13H15BrN2O2/c14-11-3-1-2-10(8-11)9-12(17)13(18)16-6-4-15-5-7-16/h1-3,8,15H,4-7,9H2. The fourth-order valence-corrected chi connectivity index (χ4v) is 2.40. The minimum Gasteiger partial charge on any atom is -0.334 e. The van der Waals surface area contributed by atoms with E-state index in [1.54, 1.807) is 4.90 Å². The Balaban J connectivity index is 1.96. The number of amides is 1. The number of ketones is 1. The monoisotopic (exact) mass is 310 g/mol. The molecule has 0 bridgehead atoms. The Hall–Kier alpha value is -1.20. The van der Waals surface area contributed by atoms with Gasteiger partial charge in [-0.15, -0.1) is 0 Å². The molecule has 1 N–H and O–H groups in total. The van der Waals surface area contributed by atoms with Crippen LogP contribution in [0.3, 0.4) is 0 Å². The molecule has 5 heteroatoms. The molecule has 1 aliphatic heterocycles. The first kappa shape index (κ1) is 13.2. The van der Waals surface area contributed by atoms with Crippen molar-refractivity contribution in [3.05, 3.63) is 34.3 Å². The lowest BCUT2D eigenvalue weighted by Gasteiger charge is -2.26. The molecular formula is C13H15BrN2O2. The average molecular weight is 311 g/mol. The summed E-state index contributed by atoms with van der Waals surface area (Å²) in [5.74, 6) is -0.702. The summed E-state index contributed by atoms with van der Waals surface area (Å²) in [5, 5.41) is 3.15. The van der Waals surface area contributed by atoms with Gasteiger partial charge in [0.1, 0.15) is 0 Å². The Morgan fingerprint density at radius 3 is 2.67 bits per heavy atom. The average Bonchev–Trinajstić information content (AvgIpc) is 2.39. The van der Waals surface area contributed by atoms with Crippen molar-refractivity contribution < 1.29 is 9.59 Å². The summed E-state index contributed by atoms with van der Waals surface area (Å²) in [5.41, 5.74) is 0.859. The first-order valence-electron chi connectivity index (χ1n) is 5.94. The molecule has 0 aromatic heterocycles. The van der Waals surface area contributed by atoms with Gasteiger partial charge < -0.3 is 10.2 Å². The quantitative estimate of drug-likeness (QED) is 0.847. The van der Waals surface area contributed by atoms with Crippen molar-refractivity contribution >= 4 is 27.6 Å². The van der Waals surface area contributed by atoms with Gasteiger partial charge in [-0.25, -0.2) is 0 Å². The van der Waals surface area contributed by atoms with E-state index in [-0.39, 0.29) is 18.1 Å². The normalized spacial score (nSPS) is 15.5. The third kappa shape index (κ3) is 3.40. The molecule has 1 aromatic rings. The second kappa shape index (κ2) is 6.11. The van der Waals surface area contributed by atoms with E-state index in [4.69, 9.17) is 0 Å². The summed E-state index contributed by atoms with van der Waals surface area (Å²) in [4.78, 5) is 25.4. The van der Waals surface area contributed by atoms with E-state index in [1.165, 1.54) is 0 Å². The number of carbonyl (C=O) groups excluding carboxylic acids is 2. The lowest BCUT2D eigenvalue weighted by atomic mass is 10.1. The molecule has 4 nitrogen and oxygen atoms in total. The van der Waals surface area contributed by atoms with Crippen LogP contribution in [0.25, 0.3) is 0 Å². The fourth-order valence-electron chi connectivity index (χ4n) is 1.95. The Morgan fingerprint density at radius 2 is 2.00 bits per heavy atom.